The van der Waals surface area contributed by atoms with Crippen LogP contribution in [0.1, 0.15) is 17.0 Å². The number of amides is 2. The van der Waals surface area contributed by atoms with E-state index in [2.05, 4.69) is 10.3 Å². The first kappa shape index (κ1) is 27.7. The average Bonchev–Trinajstić information content (AvgIpc) is 3.27. The van der Waals surface area contributed by atoms with Crippen LogP contribution in [0.2, 0.25) is 10.0 Å². The molecule has 2 aliphatic heterocycles. The number of hydrogen-bond donors (Lipinski definition) is 1. The van der Waals surface area contributed by atoms with Crippen molar-refractivity contribution in [3.05, 3.63) is 57.7 Å². The van der Waals surface area contributed by atoms with Crippen LogP contribution in [0.4, 0.5) is 23.8 Å². The van der Waals surface area contributed by atoms with Crippen molar-refractivity contribution in [2.24, 2.45) is 5.92 Å². The second-order valence-electron chi connectivity index (χ2n) is 9.19. The van der Waals surface area contributed by atoms with Crippen LogP contribution in [0.5, 0.6) is 0 Å². The van der Waals surface area contributed by atoms with Gasteiger partial charge in [0, 0.05) is 63.8 Å². The first-order valence-electron chi connectivity index (χ1n) is 11.5. The van der Waals surface area contributed by atoms with E-state index in [0.717, 1.165) is 24.1 Å². The van der Waals surface area contributed by atoms with E-state index >= 15 is 0 Å². The summed E-state index contributed by atoms with van der Waals surface area (Å²) >= 11 is 12.3. The maximum absolute atomic E-state index is 13.3. The Balaban J connectivity index is 1.47. The van der Waals surface area contributed by atoms with Crippen molar-refractivity contribution in [1.29, 1.82) is 0 Å². The molecular formula is C23H26Cl2F3N5O3S. The highest BCUT2D eigenvalue weighted by molar-refractivity contribution is 7.88. The van der Waals surface area contributed by atoms with E-state index in [4.69, 9.17) is 23.2 Å². The van der Waals surface area contributed by atoms with Crippen LogP contribution in [0.15, 0.2) is 36.5 Å². The Hall–Kier alpha value is -2.28. The number of carbonyl (C=O) groups excluding carboxylic acids is 1. The van der Waals surface area contributed by atoms with Crippen LogP contribution in [-0.2, 0) is 16.2 Å². The fraction of sp³-hybridized carbons (Fsp3) is 0.478. The molecule has 0 radical (unpaired) electrons. The van der Waals surface area contributed by atoms with Gasteiger partial charge in [-0.2, -0.15) is 17.5 Å². The molecule has 1 aromatic heterocycles. The van der Waals surface area contributed by atoms with Gasteiger partial charge >= 0.3 is 12.2 Å². The quantitative estimate of drug-likeness (QED) is 0.573. The third kappa shape index (κ3) is 6.60. The molecule has 0 aliphatic carbocycles. The number of halogens is 5. The number of benzene rings is 1. The number of carbonyl (C=O) groups is 1. The standard InChI is InChI=1S/C23H26Cl2F3N5O3S/c1-37(35,36)33-8-6-31(7-9-33)22(34)32-13-16(18(14-32)15-2-4-19(24)20(25)10-15)11-29-21-5-3-17(12-30-21)23(26,27)28/h2-5,10,12,16,18H,6-9,11,13-14H2,1H3,(H,29,30)/t16-,18+/m1/s1. The maximum atomic E-state index is 13.3. The molecule has 202 valence electrons. The molecule has 1 aromatic carbocycles. The lowest BCUT2D eigenvalue weighted by Crippen LogP contribution is -2.53. The molecule has 2 aliphatic rings. The van der Waals surface area contributed by atoms with Crippen molar-refractivity contribution in [2.75, 3.05) is 57.4 Å². The highest BCUT2D eigenvalue weighted by Gasteiger charge is 2.39. The predicted octanol–water partition coefficient (Wildman–Crippen LogP) is 4.23. The Morgan fingerprint density at radius 3 is 2.32 bits per heavy atom. The molecular weight excluding hydrogens is 554 g/mol. The van der Waals surface area contributed by atoms with Crippen molar-refractivity contribution >= 4 is 45.1 Å². The van der Waals surface area contributed by atoms with Gasteiger partial charge in [0.2, 0.25) is 10.0 Å². The fourth-order valence-electron chi connectivity index (χ4n) is 4.67. The molecule has 0 spiro atoms. The molecule has 2 atom stereocenters. The van der Waals surface area contributed by atoms with E-state index < -0.39 is 21.8 Å². The average molecular weight is 580 g/mol. The van der Waals surface area contributed by atoms with Crippen molar-refractivity contribution in [2.45, 2.75) is 12.1 Å². The molecule has 3 heterocycles. The molecule has 4 rings (SSSR count). The molecule has 2 saturated heterocycles. The molecule has 2 amide bonds. The smallest absolute Gasteiger partial charge is 0.370 e. The first-order valence-corrected chi connectivity index (χ1v) is 14.1. The van der Waals surface area contributed by atoms with Gasteiger partial charge in [0.15, 0.2) is 0 Å². The Bertz CT molecular complexity index is 1240. The summed E-state index contributed by atoms with van der Waals surface area (Å²) in [4.78, 5) is 20.5. The summed E-state index contributed by atoms with van der Waals surface area (Å²) in [5.74, 6) is 0.0862. The summed E-state index contributed by atoms with van der Waals surface area (Å²) < 4.78 is 63.5. The second-order valence-corrected chi connectivity index (χ2v) is 12.0. The fourth-order valence-corrected chi connectivity index (χ4v) is 5.80. The summed E-state index contributed by atoms with van der Waals surface area (Å²) in [6.45, 7) is 2.20. The molecule has 0 bridgehead atoms. The molecule has 2 aromatic rings. The van der Waals surface area contributed by atoms with Crippen LogP contribution in [-0.4, -0.2) is 85.6 Å². The number of nitrogens with one attached hydrogen (secondary N) is 1. The molecule has 0 unspecified atom stereocenters. The van der Waals surface area contributed by atoms with Gasteiger partial charge in [-0.3, -0.25) is 0 Å². The number of sulfonamides is 1. The zero-order valence-electron chi connectivity index (χ0n) is 19.9. The molecule has 0 saturated carbocycles. The molecule has 37 heavy (non-hydrogen) atoms. The van der Waals surface area contributed by atoms with E-state index in [1.165, 1.54) is 10.4 Å². The summed E-state index contributed by atoms with van der Waals surface area (Å²) in [6, 6.07) is 7.35. The number of aromatic nitrogens is 1. The number of rotatable bonds is 5. The number of urea groups is 1. The molecule has 8 nitrogen and oxygen atoms in total. The van der Waals surface area contributed by atoms with Gasteiger partial charge in [-0.15, -0.1) is 0 Å². The molecule has 2 fully saturated rings. The Morgan fingerprint density at radius 1 is 1.05 bits per heavy atom. The Morgan fingerprint density at radius 2 is 1.76 bits per heavy atom. The first-order chi connectivity index (χ1) is 17.3. The molecule has 14 heteroatoms. The van der Waals surface area contributed by atoms with Gasteiger partial charge in [-0.1, -0.05) is 29.3 Å². The highest BCUT2D eigenvalue weighted by Crippen LogP contribution is 2.36. The van der Waals surface area contributed by atoms with Gasteiger partial charge in [0.1, 0.15) is 5.82 Å². The number of pyridine rings is 1. The van der Waals surface area contributed by atoms with Crippen LogP contribution in [0.25, 0.3) is 0 Å². The number of nitrogens with zero attached hydrogens (tertiary/aromatic N) is 4. The van der Waals surface area contributed by atoms with Gasteiger partial charge in [-0.25, -0.2) is 18.2 Å². The zero-order chi connectivity index (χ0) is 27.0. The molecule has 1 N–H and O–H groups in total. The minimum atomic E-state index is -4.47. The van der Waals surface area contributed by atoms with Crippen molar-refractivity contribution in [1.82, 2.24) is 19.1 Å². The van der Waals surface area contributed by atoms with Crippen LogP contribution >= 0.6 is 23.2 Å². The second kappa shape index (κ2) is 10.8. The highest BCUT2D eigenvalue weighted by atomic mass is 35.5. The third-order valence-corrected chi connectivity index (χ3v) is 8.74. The largest absolute Gasteiger partial charge is 0.417 e. The van der Waals surface area contributed by atoms with Gasteiger partial charge in [0.25, 0.3) is 0 Å². The number of hydrogen-bond acceptors (Lipinski definition) is 5. The van der Waals surface area contributed by atoms with E-state index in [0.29, 0.717) is 35.5 Å². The van der Waals surface area contributed by atoms with Crippen molar-refractivity contribution < 1.29 is 26.4 Å². The zero-order valence-corrected chi connectivity index (χ0v) is 22.2. The van der Waals surface area contributed by atoms with Crippen LogP contribution < -0.4 is 5.32 Å². The monoisotopic (exact) mass is 579 g/mol. The lowest BCUT2D eigenvalue weighted by Gasteiger charge is -2.35. The van der Waals surface area contributed by atoms with Crippen LogP contribution in [0, 0.1) is 5.92 Å². The van der Waals surface area contributed by atoms with E-state index in [-0.39, 0.29) is 44.0 Å². The predicted molar refractivity (Wildman–Crippen MR) is 135 cm³/mol. The topological polar surface area (TPSA) is 85.9 Å². The van der Waals surface area contributed by atoms with E-state index in [1.54, 1.807) is 21.9 Å². The lowest BCUT2D eigenvalue weighted by atomic mass is 9.89. The maximum Gasteiger partial charge on any atom is 0.417 e. The third-order valence-electron chi connectivity index (χ3n) is 6.70. The Labute approximate surface area is 223 Å². The summed E-state index contributed by atoms with van der Waals surface area (Å²) in [5.41, 5.74) is 0.0547. The van der Waals surface area contributed by atoms with Crippen molar-refractivity contribution in [3.63, 3.8) is 0 Å². The number of anilines is 1. The summed E-state index contributed by atoms with van der Waals surface area (Å²) in [5, 5.41) is 3.88. The van der Waals surface area contributed by atoms with Crippen LogP contribution in [0.3, 0.4) is 0 Å². The van der Waals surface area contributed by atoms with E-state index in [9.17, 15) is 26.4 Å². The summed E-state index contributed by atoms with van der Waals surface area (Å²) in [7, 11) is -3.32. The number of piperazine rings is 1. The summed E-state index contributed by atoms with van der Waals surface area (Å²) in [6.07, 6.45) is -2.54. The number of likely N-dealkylation sites (tertiary alicyclic amines) is 1. The van der Waals surface area contributed by atoms with E-state index in [1.807, 2.05) is 6.07 Å². The lowest BCUT2D eigenvalue weighted by molar-refractivity contribution is -0.137. The normalized spacial score (nSPS) is 21.4. The minimum absolute atomic E-state index is 0.0948. The van der Waals surface area contributed by atoms with Crippen molar-refractivity contribution in [3.8, 4) is 0 Å². The number of alkyl halides is 3. The van der Waals surface area contributed by atoms with Gasteiger partial charge < -0.3 is 15.1 Å². The SMILES string of the molecule is CS(=O)(=O)N1CCN(C(=O)N2C[C@@H](CNc3ccc(C(F)(F)F)cn3)[C@H](c3ccc(Cl)c(Cl)c3)C2)CC1. The minimum Gasteiger partial charge on any atom is -0.370 e. The van der Waals surface area contributed by atoms with Gasteiger partial charge in [-0.05, 0) is 29.8 Å². The van der Waals surface area contributed by atoms with Gasteiger partial charge in [0.05, 0.1) is 21.9 Å². The Kier molecular flexibility index (Phi) is 8.13.